The molecule has 2 fully saturated rings. The smallest absolute Gasteiger partial charge is 0.273 e. The second-order valence-corrected chi connectivity index (χ2v) is 7.36. The van der Waals surface area contributed by atoms with Crippen LogP contribution in [-0.4, -0.2) is 55.3 Å². The SMILES string of the molecule is Cc1cc(N2CCC(OCCN3CCCC3)CC2)c(Cl)cc1[N+](=O)[O-]. The number of nitrogens with zero attached hydrogens (tertiary/aromatic N) is 3. The van der Waals surface area contributed by atoms with E-state index in [2.05, 4.69) is 9.80 Å². The number of piperidine rings is 1. The summed E-state index contributed by atoms with van der Waals surface area (Å²) in [5.41, 5.74) is 1.61. The molecule has 6 nitrogen and oxygen atoms in total. The van der Waals surface area contributed by atoms with Crippen molar-refractivity contribution < 1.29 is 9.66 Å². The number of nitro benzene ring substituents is 1. The van der Waals surface area contributed by atoms with Gasteiger partial charge in [-0.05, 0) is 51.8 Å². The summed E-state index contributed by atoms with van der Waals surface area (Å²) in [6, 6.07) is 3.29. The molecule has 0 aromatic heterocycles. The summed E-state index contributed by atoms with van der Waals surface area (Å²) in [4.78, 5) is 15.3. The van der Waals surface area contributed by atoms with Gasteiger partial charge in [-0.25, -0.2) is 0 Å². The lowest BCUT2D eigenvalue weighted by molar-refractivity contribution is -0.385. The molecule has 1 aromatic carbocycles. The predicted molar refractivity (Wildman–Crippen MR) is 99.7 cm³/mol. The van der Waals surface area contributed by atoms with Crippen molar-refractivity contribution in [3.63, 3.8) is 0 Å². The van der Waals surface area contributed by atoms with Crippen LogP contribution in [0.5, 0.6) is 0 Å². The van der Waals surface area contributed by atoms with Crippen LogP contribution in [0.1, 0.15) is 31.2 Å². The van der Waals surface area contributed by atoms with Crippen molar-refractivity contribution in [3.05, 3.63) is 32.8 Å². The van der Waals surface area contributed by atoms with Crippen molar-refractivity contribution in [1.29, 1.82) is 0 Å². The number of halogens is 1. The van der Waals surface area contributed by atoms with Crippen LogP contribution >= 0.6 is 11.6 Å². The molecule has 0 aliphatic carbocycles. The average Bonchev–Trinajstić information content (AvgIpc) is 3.10. The molecule has 0 radical (unpaired) electrons. The lowest BCUT2D eigenvalue weighted by Gasteiger charge is -2.34. The topological polar surface area (TPSA) is 58.8 Å². The predicted octanol–water partition coefficient (Wildman–Crippen LogP) is 3.64. The third kappa shape index (κ3) is 4.63. The van der Waals surface area contributed by atoms with Crippen LogP contribution < -0.4 is 4.90 Å². The van der Waals surface area contributed by atoms with Crippen LogP contribution in [0.2, 0.25) is 5.02 Å². The lowest BCUT2D eigenvalue weighted by Crippen LogP contribution is -2.38. The number of benzene rings is 1. The molecule has 25 heavy (non-hydrogen) atoms. The molecule has 2 aliphatic rings. The number of nitro groups is 1. The summed E-state index contributed by atoms with van der Waals surface area (Å²) in [5.74, 6) is 0. The summed E-state index contributed by atoms with van der Waals surface area (Å²) >= 11 is 6.29. The van der Waals surface area contributed by atoms with Crippen LogP contribution in [0.3, 0.4) is 0 Å². The van der Waals surface area contributed by atoms with E-state index in [1.807, 2.05) is 6.07 Å². The molecule has 1 aromatic rings. The van der Waals surface area contributed by atoms with E-state index in [0.29, 0.717) is 16.7 Å². The van der Waals surface area contributed by atoms with Crippen LogP contribution in [0, 0.1) is 17.0 Å². The van der Waals surface area contributed by atoms with Crippen molar-refractivity contribution in [2.75, 3.05) is 44.2 Å². The van der Waals surface area contributed by atoms with Crippen molar-refractivity contribution in [3.8, 4) is 0 Å². The molecule has 2 aliphatic heterocycles. The molecule has 7 heteroatoms. The van der Waals surface area contributed by atoms with Crippen LogP contribution in [0.25, 0.3) is 0 Å². The number of aryl methyl sites for hydroxylation is 1. The summed E-state index contributed by atoms with van der Waals surface area (Å²) in [5, 5.41) is 11.5. The average molecular weight is 368 g/mol. The first-order valence-corrected chi connectivity index (χ1v) is 9.46. The summed E-state index contributed by atoms with van der Waals surface area (Å²) in [6.07, 6.45) is 4.86. The first-order chi connectivity index (χ1) is 12.0. The van der Waals surface area contributed by atoms with Crippen LogP contribution in [0.15, 0.2) is 12.1 Å². The molecule has 2 saturated heterocycles. The largest absolute Gasteiger partial charge is 0.377 e. The van der Waals surface area contributed by atoms with Gasteiger partial charge >= 0.3 is 0 Å². The minimum atomic E-state index is -0.383. The number of anilines is 1. The standard InChI is InChI=1S/C18H26ClN3O3/c1-14-12-18(16(19)13-17(14)22(23)24)21-8-4-15(5-9-21)25-11-10-20-6-2-3-7-20/h12-13,15H,2-11H2,1H3. The highest BCUT2D eigenvalue weighted by Crippen LogP contribution is 2.34. The highest BCUT2D eigenvalue weighted by molar-refractivity contribution is 6.33. The van der Waals surface area contributed by atoms with Gasteiger partial charge in [0.2, 0.25) is 0 Å². The summed E-state index contributed by atoms with van der Waals surface area (Å²) in [7, 11) is 0. The van der Waals surface area contributed by atoms with E-state index in [1.165, 1.54) is 32.0 Å². The Labute approximate surface area is 153 Å². The molecular weight excluding hydrogens is 342 g/mol. The first-order valence-electron chi connectivity index (χ1n) is 9.08. The fraction of sp³-hybridized carbons (Fsp3) is 0.667. The Morgan fingerprint density at radius 1 is 1.24 bits per heavy atom. The highest BCUT2D eigenvalue weighted by atomic mass is 35.5. The van der Waals surface area contributed by atoms with E-state index >= 15 is 0 Å². The minimum absolute atomic E-state index is 0.0777. The third-order valence-electron chi connectivity index (χ3n) is 5.20. The van der Waals surface area contributed by atoms with Crippen molar-refractivity contribution in [2.45, 2.75) is 38.7 Å². The molecule has 0 atom stereocenters. The number of rotatable bonds is 6. The van der Waals surface area contributed by atoms with Gasteiger partial charge in [-0.3, -0.25) is 10.1 Å². The zero-order valence-electron chi connectivity index (χ0n) is 14.7. The van der Waals surface area contributed by atoms with Gasteiger partial charge in [0, 0.05) is 31.3 Å². The number of ether oxygens (including phenoxy) is 1. The number of hydrogen-bond donors (Lipinski definition) is 0. The molecule has 0 spiro atoms. The van der Waals surface area contributed by atoms with E-state index in [9.17, 15) is 10.1 Å². The zero-order chi connectivity index (χ0) is 17.8. The Bertz CT molecular complexity index is 612. The molecule has 3 rings (SSSR count). The number of hydrogen-bond acceptors (Lipinski definition) is 5. The summed E-state index contributed by atoms with van der Waals surface area (Å²) in [6.45, 7) is 7.75. The van der Waals surface area contributed by atoms with Gasteiger partial charge in [-0.1, -0.05) is 11.6 Å². The Hall–Kier alpha value is -1.37. The zero-order valence-corrected chi connectivity index (χ0v) is 15.5. The van der Waals surface area contributed by atoms with Gasteiger partial charge in [0.25, 0.3) is 5.69 Å². The monoisotopic (exact) mass is 367 g/mol. The lowest BCUT2D eigenvalue weighted by atomic mass is 10.1. The fourth-order valence-corrected chi connectivity index (χ4v) is 3.99. The second-order valence-electron chi connectivity index (χ2n) is 6.95. The molecule has 0 bridgehead atoms. The van der Waals surface area contributed by atoms with E-state index in [4.69, 9.17) is 16.3 Å². The molecule has 2 heterocycles. The molecule has 0 unspecified atom stereocenters. The van der Waals surface area contributed by atoms with Crippen molar-refractivity contribution >= 4 is 23.0 Å². The number of likely N-dealkylation sites (tertiary alicyclic amines) is 1. The summed E-state index contributed by atoms with van der Waals surface area (Å²) < 4.78 is 6.04. The molecule has 0 amide bonds. The molecule has 0 N–H and O–H groups in total. The molecule has 138 valence electrons. The van der Waals surface area contributed by atoms with Gasteiger partial charge in [-0.15, -0.1) is 0 Å². The van der Waals surface area contributed by atoms with Crippen molar-refractivity contribution in [1.82, 2.24) is 4.90 Å². The fourth-order valence-electron chi connectivity index (χ4n) is 3.71. The maximum Gasteiger partial charge on any atom is 0.273 e. The normalized spacial score (nSPS) is 19.5. The van der Waals surface area contributed by atoms with E-state index in [-0.39, 0.29) is 10.6 Å². The quantitative estimate of drug-likeness (QED) is 0.567. The van der Waals surface area contributed by atoms with Crippen LogP contribution in [0.4, 0.5) is 11.4 Å². The van der Waals surface area contributed by atoms with Gasteiger partial charge in [0.1, 0.15) is 0 Å². The van der Waals surface area contributed by atoms with Crippen molar-refractivity contribution in [2.24, 2.45) is 0 Å². The Balaban J connectivity index is 1.50. The Morgan fingerprint density at radius 3 is 2.56 bits per heavy atom. The molecular formula is C18H26ClN3O3. The first kappa shape index (κ1) is 18.4. The maximum absolute atomic E-state index is 11.0. The third-order valence-corrected chi connectivity index (χ3v) is 5.51. The van der Waals surface area contributed by atoms with Gasteiger partial charge < -0.3 is 14.5 Å². The Morgan fingerprint density at radius 2 is 1.92 bits per heavy atom. The second kappa shape index (κ2) is 8.34. The van der Waals surface area contributed by atoms with Crippen LogP contribution in [-0.2, 0) is 4.74 Å². The maximum atomic E-state index is 11.0. The van der Waals surface area contributed by atoms with E-state index in [0.717, 1.165) is 44.8 Å². The van der Waals surface area contributed by atoms with Gasteiger partial charge in [0.05, 0.1) is 28.3 Å². The van der Waals surface area contributed by atoms with Gasteiger partial charge in [-0.2, -0.15) is 0 Å². The molecule has 0 saturated carbocycles. The van der Waals surface area contributed by atoms with E-state index in [1.54, 1.807) is 6.92 Å². The highest BCUT2D eigenvalue weighted by Gasteiger charge is 2.24. The minimum Gasteiger partial charge on any atom is -0.377 e. The van der Waals surface area contributed by atoms with E-state index < -0.39 is 0 Å². The Kier molecular flexibility index (Phi) is 6.15. The van der Waals surface area contributed by atoms with Gasteiger partial charge in [0.15, 0.2) is 0 Å².